The van der Waals surface area contributed by atoms with Gasteiger partial charge in [-0.05, 0) is 19.8 Å². The highest BCUT2D eigenvalue weighted by atomic mass is 15.2. The molecule has 11 heavy (non-hydrogen) atoms. The maximum absolute atomic E-state index is 4.47. The summed E-state index contributed by atoms with van der Waals surface area (Å²) in [5.41, 5.74) is 0. The third-order valence-electron chi connectivity index (χ3n) is 2.18. The summed E-state index contributed by atoms with van der Waals surface area (Å²) in [7, 11) is 2.15. The minimum atomic E-state index is 0.930. The number of aliphatic imine (C=N–C) groups is 1. The Kier molecular flexibility index (Phi) is 3.40. The number of rotatable bonds is 1. The Bertz CT molecular complexity index is 140. The standard InChI is InChI=1S/C9H18N2/c1-3-10-9-7-5-4-6-8-11(9)2/h3-8H2,1-2H3. The number of hydrogen-bond acceptors (Lipinski definition) is 1. The van der Waals surface area contributed by atoms with E-state index in [1.807, 2.05) is 0 Å². The fourth-order valence-corrected chi connectivity index (χ4v) is 1.51. The first kappa shape index (κ1) is 8.57. The molecule has 0 atom stereocenters. The van der Waals surface area contributed by atoms with E-state index >= 15 is 0 Å². The SMILES string of the molecule is CCN=C1CCCCCN1C. The predicted octanol–water partition coefficient (Wildman–Crippen LogP) is 1.91. The molecule has 2 heteroatoms. The number of nitrogens with zero attached hydrogens (tertiary/aromatic N) is 2. The van der Waals surface area contributed by atoms with Crippen molar-refractivity contribution in [3.05, 3.63) is 0 Å². The molecule has 1 aliphatic heterocycles. The number of likely N-dealkylation sites (tertiary alicyclic amines) is 1. The summed E-state index contributed by atoms with van der Waals surface area (Å²) in [5, 5.41) is 0. The van der Waals surface area contributed by atoms with E-state index in [1.54, 1.807) is 0 Å². The van der Waals surface area contributed by atoms with E-state index in [2.05, 4.69) is 23.9 Å². The number of hydrogen-bond donors (Lipinski definition) is 0. The Labute approximate surface area is 69.3 Å². The Hall–Kier alpha value is -0.530. The predicted molar refractivity (Wildman–Crippen MR) is 49.1 cm³/mol. The van der Waals surface area contributed by atoms with Crippen molar-refractivity contribution in [3.8, 4) is 0 Å². The number of amidine groups is 1. The zero-order chi connectivity index (χ0) is 8.10. The summed E-state index contributed by atoms with van der Waals surface area (Å²) in [5.74, 6) is 1.31. The minimum Gasteiger partial charge on any atom is -0.363 e. The van der Waals surface area contributed by atoms with Crippen LogP contribution in [0.15, 0.2) is 4.99 Å². The van der Waals surface area contributed by atoms with Crippen LogP contribution in [0.1, 0.15) is 32.6 Å². The first-order chi connectivity index (χ1) is 5.34. The summed E-state index contributed by atoms with van der Waals surface area (Å²) in [4.78, 5) is 6.77. The second-order valence-electron chi connectivity index (χ2n) is 3.12. The third-order valence-corrected chi connectivity index (χ3v) is 2.18. The molecule has 0 saturated carbocycles. The Morgan fingerprint density at radius 3 is 2.91 bits per heavy atom. The Balaban J connectivity index is 2.52. The molecule has 0 amide bonds. The van der Waals surface area contributed by atoms with Gasteiger partial charge in [-0.2, -0.15) is 0 Å². The lowest BCUT2D eigenvalue weighted by Crippen LogP contribution is -2.25. The Morgan fingerprint density at radius 2 is 2.18 bits per heavy atom. The van der Waals surface area contributed by atoms with E-state index in [1.165, 1.54) is 38.1 Å². The van der Waals surface area contributed by atoms with Crippen LogP contribution in [0.4, 0.5) is 0 Å². The first-order valence-electron chi connectivity index (χ1n) is 4.59. The molecular formula is C9H18N2. The van der Waals surface area contributed by atoms with Crippen molar-refractivity contribution in [1.29, 1.82) is 0 Å². The van der Waals surface area contributed by atoms with Gasteiger partial charge in [0.05, 0.1) is 5.84 Å². The van der Waals surface area contributed by atoms with Crippen molar-refractivity contribution in [2.75, 3.05) is 20.1 Å². The van der Waals surface area contributed by atoms with Crippen molar-refractivity contribution in [3.63, 3.8) is 0 Å². The molecule has 1 saturated heterocycles. The minimum absolute atomic E-state index is 0.930. The van der Waals surface area contributed by atoms with Crippen LogP contribution in [0.2, 0.25) is 0 Å². The Morgan fingerprint density at radius 1 is 1.36 bits per heavy atom. The van der Waals surface area contributed by atoms with Crippen LogP contribution in [0.5, 0.6) is 0 Å². The lowest BCUT2D eigenvalue weighted by atomic mass is 10.2. The van der Waals surface area contributed by atoms with Gasteiger partial charge in [-0.25, -0.2) is 0 Å². The zero-order valence-electron chi connectivity index (χ0n) is 7.64. The highest BCUT2D eigenvalue weighted by Crippen LogP contribution is 2.10. The first-order valence-corrected chi connectivity index (χ1v) is 4.59. The molecule has 1 heterocycles. The molecule has 0 N–H and O–H groups in total. The molecule has 1 aliphatic rings. The van der Waals surface area contributed by atoms with Crippen molar-refractivity contribution in [2.24, 2.45) is 4.99 Å². The van der Waals surface area contributed by atoms with E-state index in [0.29, 0.717) is 0 Å². The smallest absolute Gasteiger partial charge is 0.0986 e. The molecule has 0 unspecified atom stereocenters. The van der Waals surface area contributed by atoms with E-state index < -0.39 is 0 Å². The highest BCUT2D eigenvalue weighted by Gasteiger charge is 2.09. The van der Waals surface area contributed by atoms with Gasteiger partial charge in [-0.3, -0.25) is 4.99 Å². The highest BCUT2D eigenvalue weighted by molar-refractivity contribution is 5.82. The van der Waals surface area contributed by atoms with Crippen LogP contribution in [-0.2, 0) is 0 Å². The van der Waals surface area contributed by atoms with Gasteiger partial charge in [0.1, 0.15) is 0 Å². The van der Waals surface area contributed by atoms with Gasteiger partial charge in [-0.15, -0.1) is 0 Å². The maximum atomic E-state index is 4.47. The quantitative estimate of drug-likeness (QED) is 0.563. The molecule has 0 bridgehead atoms. The average molecular weight is 154 g/mol. The molecule has 0 spiro atoms. The normalized spacial score (nSPS) is 23.8. The van der Waals surface area contributed by atoms with Crippen molar-refractivity contribution >= 4 is 5.84 Å². The van der Waals surface area contributed by atoms with Crippen molar-refractivity contribution in [1.82, 2.24) is 4.90 Å². The summed E-state index contributed by atoms with van der Waals surface area (Å²) in [6.45, 7) is 4.23. The summed E-state index contributed by atoms with van der Waals surface area (Å²) >= 11 is 0. The molecule has 0 aromatic carbocycles. The molecule has 0 aromatic rings. The van der Waals surface area contributed by atoms with Crippen LogP contribution in [0, 0.1) is 0 Å². The summed E-state index contributed by atoms with van der Waals surface area (Å²) in [6.07, 6.45) is 5.21. The van der Waals surface area contributed by atoms with Crippen LogP contribution in [-0.4, -0.2) is 30.9 Å². The molecule has 1 fully saturated rings. The molecule has 1 rings (SSSR count). The van der Waals surface area contributed by atoms with Gasteiger partial charge in [0.25, 0.3) is 0 Å². The van der Waals surface area contributed by atoms with Gasteiger partial charge >= 0.3 is 0 Å². The molecule has 0 aromatic heterocycles. The van der Waals surface area contributed by atoms with Crippen molar-refractivity contribution in [2.45, 2.75) is 32.6 Å². The van der Waals surface area contributed by atoms with Gasteiger partial charge in [0.2, 0.25) is 0 Å². The average Bonchev–Trinajstić information content (AvgIpc) is 2.18. The van der Waals surface area contributed by atoms with Crippen LogP contribution < -0.4 is 0 Å². The molecule has 64 valence electrons. The lowest BCUT2D eigenvalue weighted by molar-refractivity contribution is 0.493. The van der Waals surface area contributed by atoms with E-state index in [9.17, 15) is 0 Å². The fourth-order valence-electron chi connectivity index (χ4n) is 1.51. The summed E-state index contributed by atoms with van der Waals surface area (Å²) < 4.78 is 0. The molecule has 2 nitrogen and oxygen atoms in total. The third kappa shape index (κ3) is 2.52. The van der Waals surface area contributed by atoms with E-state index in [-0.39, 0.29) is 0 Å². The molecule has 0 aliphatic carbocycles. The molecule has 0 radical (unpaired) electrons. The second-order valence-corrected chi connectivity index (χ2v) is 3.12. The zero-order valence-corrected chi connectivity index (χ0v) is 7.64. The largest absolute Gasteiger partial charge is 0.363 e. The maximum Gasteiger partial charge on any atom is 0.0986 e. The van der Waals surface area contributed by atoms with E-state index in [4.69, 9.17) is 0 Å². The van der Waals surface area contributed by atoms with Crippen molar-refractivity contribution < 1.29 is 0 Å². The second kappa shape index (κ2) is 4.37. The topological polar surface area (TPSA) is 15.6 Å². The van der Waals surface area contributed by atoms with Gasteiger partial charge in [0.15, 0.2) is 0 Å². The monoisotopic (exact) mass is 154 g/mol. The van der Waals surface area contributed by atoms with Gasteiger partial charge < -0.3 is 4.90 Å². The fraction of sp³-hybridized carbons (Fsp3) is 0.889. The van der Waals surface area contributed by atoms with Crippen LogP contribution in [0.3, 0.4) is 0 Å². The molecular weight excluding hydrogens is 136 g/mol. The van der Waals surface area contributed by atoms with Gasteiger partial charge in [-0.1, -0.05) is 6.42 Å². The summed E-state index contributed by atoms with van der Waals surface area (Å²) in [6, 6.07) is 0. The van der Waals surface area contributed by atoms with E-state index in [0.717, 1.165) is 6.54 Å². The lowest BCUT2D eigenvalue weighted by Gasteiger charge is -2.17. The van der Waals surface area contributed by atoms with Crippen LogP contribution in [0.25, 0.3) is 0 Å². The van der Waals surface area contributed by atoms with Crippen LogP contribution >= 0.6 is 0 Å². The van der Waals surface area contributed by atoms with Gasteiger partial charge in [0, 0.05) is 26.6 Å².